The predicted octanol–water partition coefficient (Wildman–Crippen LogP) is 1.68. The number of anilines is 1. The average molecular weight is 213 g/mol. The molecule has 0 amide bonds. The zero-order valence-corrected chi connectivity index (χ0v) is 8.00. The molecule has 6 heteroatoms. The quantitative estimate of drug-likeness (QED) is 0.828. The Morgan fingerprint density at radius 2 is 2.33 bits per heavy atom. The van der Waals surface area contributed by atoms with Gasteiger partial charge >= 0.3 is 0 Å². The molecule has 0 aliphatic carbocycles. The lowest BCUT2D eigenvalue weighted by atomic mass is 10.1. The van der Waals surface area contributed by atoms with E-state index in [-0.39, 0.29) is 23.6 Å². The Kier molecular flexibility index (Phi) is 3.39. The summed E-state index contributed by atoms with van der Waals surface area (Å²) in [5, 5.41) is 8.44. The minimum Gasteiger partial charge on any atom is -0.493 e. The second kappa shape index (κ2) is 4.55. The molecule has 0 fully saturated rings. The summed E-state index contributed by atoms with van der Waals surface area (Å²) >= 11 is 0. The monoisotopic (exact) mass is 213 g/mol. The molecule has 4 nitrogen and oxygen atoms in total. The topological polar surface area (TPSA) is 71.9 Å². The highest BCUT2D eigenvalue weighted by atomic mass is 19.3. The highest BCUT2D eigenvalue weighted by Crippen LogP contribution is 2.33. The molecule has 0 unspecified atom stereocenters. The highest BCUT2D eigenvalue weighted by molar-refractivity contribution is 5.59. The van der Waals surface area contributed by atoms with Crippen LogP contribution in [0.4, 0.5) is 14.5 Å². The lowest BCUT2D eigenvalue weighted by Crippen LogP contribution is -2.05. The average Bonchev–Trinajstić information content (AvgIpc) is 2.18. The summed E-state index contributed by atoms with van der Waals surface area (Å²) in [6.45, 7) is 0. The van der Waals surface area contributed by atoms with Crippen LogP contribution < -0.4 is 10.5 Å². The largest absolute Gasteiger partial charge is 0.493 e. The van der Waals surface area contributed by atoms with Gasteiger partial charge in [-0.15, -0.1) is 0 Å². The van der Waals surface area contributed by atoms with Crippen LogP contribution >= 0.6 is 0 Å². The van der Waals surface area contributed by atoms with E-state index in [1.807, 2.05) is 0 Å². The van der Waals surface area contributed by atoms with Gasteiger partial charge in [-0.25, -0.2) is 8.78 Å². The van der Waals surface area contributed by atoms with Gasteiger partial charge in [0.25, 0.3) is 6.43 Å². The molecule has 1 aromatic rings. The summed E-state index contributed by atoms with van der Waals surface area (Å²) in [4.78, 5) is 3.71. The van der Waals surface area contributed by atoms with E-state index in [1.165, 1.54) is 13.3 Å². The van der Waals surface area contributed by atoms with Gasteiger partial charge in [0.1, 0.15) is 0 Å². The molecular formula is C9H9F2N3O. The summed E-state index contributed by atoms with van der Waals surface area (Å²) in [6, 6.07) is 1.75. The standard InChI is InChI=1S/C9H9F2N3O/c1-15-6-4-14-5(2-3-12)7(8(6)13)9(10)11/h4,9H,2H2,1H3,(H2,13,14). The molecule has 15 heavy (non-hydrogen) atoms. The van der Waals surface area contributed by atoms with Gasteiger partial charge in [0.15, 0.2) is 5.75 Å². The second-order valence-corrected chi connectivity index (χ2v) is 2.74. The number of pyridine rings is 1. The SMILES string of the molecule is COc1cnc(CC#N)c(C(F)F)c1N. The molecule has 0 radical (unpaired) electrons. The van der Waals surface area contributed by atoms with Crippen molar-refractivity contribution >= 4 is 5.69 Å². The molecule has 0 saturated heterocycles. The van der Waals surface area contributed by atoms with Gasteiger partial charge < -0.3 is 10.5 Å². The summed E-state index contributed by atoms with van der Waals surface area (Å²) in [7, 11) is 1.31. The number of nitrogens with two attached hydrogens (primary N) is 1. The van der Waals surface area contributed by atoms with Crippen LogP contribution in [0.3, 0.4) is 0 Å². The molecule has 0 aliphatic heterocycles. The summed E-state index contributed by atoms with van der Waals surface area (Å²) in [5.41, 5.74) is 4.88. The molecule has 0 atom stereocenters. The van der Waals surface area contributed by atoms with Crippen molar-refractivity contribution in [3.63, 3.8) is 0 Å². The third-order valence-corrected chi connectivity index (χ3v) is 1.89. The highest BCUT2D eigenvalue weighted by Gasteiger charge is 2.20. The second-order valence-electron chi connectivity index (χ2n) is 2.74. The molecule has 1 aromatic heterocycles. The lowest BCUT2D eigenvalue weighted by molar-refractivity contribution is 0.150. The minimum absolute atomic E-state index is 0.00852. The summed E-state index contributed by atoms with van der Waals surface area (Å²) < 4.78 is 30.1. The maximum absolute atomic E-state index is 12.6. The van der Waals surface area contributed by atoms with Gasteiger partial charge in [-0.05, 0) is 0 Å². The van der Waals surface area contributed by atoms with E-state index in [1.54, 1.807) is 6.07 Å². The Bertz CT molecular complexity index is 401. The van der Waals surface area contributed by atoms with Gasteiger partial charge in [-0.2, -0.15) is 5.26 Å². The number of nitrogen functional groups attached to an aromatic ring is 1. The van der Waals surface area contributed by atoms with Crippen molar-refractivity contribution in [3.05, 3.63) is 17.5 Å². The van der Waals surface area contributed by atoms with Gasteiger partial charge in [-0.3, -0.25) is 4.98 Å². The van der Waals surface area contributed by atoms with Crippen LogP contribution in [0.5, 0.6) is 5.75 Å². The molecule has 80 valence electrons. The molecule has 0 spiro atoms. The van der Waals surface area contributed by atoms with Crippen LogP contribution in [-0.2, 0) is 6.42 Å². The van der Waals surface area contributed by atoms with Crippen molar-refractivity contribution in [2.75, 3.05) is 12.8 Å². The first-order chi connectivity index (χ1) is 7.11. The van der Waals surface area contributed by atoms with E-state index in [0.29, 0.717) is 0 Å². The van der Waals surface area contributed by atoms with Gasteiger partial charge in [0, 0.05) is 0 Å². The van der Waals surface area contributed by atoms with Crippen LogP contribution in [0.25, 0.3) is 0 Å². The fourth-order valence-corrected chi connectivity index (χ4v) is 1.19. The number of nitrogens with zero attached hydrogens (tertiary/aromatic N) is 2. The third-order valence-electron chi connectivity index (χ3n) is 1.89. The first kappa shape index (κ1) is 11.2. The maximum atomic E-state index is 12.6. The van der Waals surface area contributed by atoms with E-state index < -0.39 is 12.0 Å². The summed E-state index contributed by atoms with van der Waals surface area (Å²) in [5.74, 6) is 0.0898. The van der Waals surface area contributed by atoms with Crippen LogP contribution in [-0.4, -0.2) is 12.1 Å². The van der Waals surface area contributed by atoms with Gasteiger partial charge in [0.05, 0.1) is 42.7 Å². The first-order valence-corrected chi connectivity index (χ1v) is 4.08. The van der Waals surface area contributed by atoms with Gasteiger partial charge in [0.2, 0.25) is 0 Å². The zero-order valence-electron chi connectivity index (χ0n) is 8.00. The number of hydrogen-bond donors (Lipinski definition) is 1. The number of aromatic nitrogens is 1. The molecule has 0 bridgehead atoms. The number of hydrogen-bond acceptors (Lipinski definition) is 4. The lowest BCUT2D eigenvalue weighted by Gasteiger charge is -2.11. The van der Waals surface area contributed by atoms with E-state index in [0.717, 1.165) is 0 Å². The Morgan fingerprint density at radius 3 is 2.80 bits per heavy atom. The van der Waals surface area contributed by atoms with E-state index in [9.17, 15) is 8.78 Å². The van der Waals surface area contributed by atoms with Crippen LogP contribution in [0, 0.1) is 11.3 Å². The smallest absolute Gasteiger partial charge is 0.267 e. The minimum atomic E-state index is -2.77. The fourth-order valence-electron chi connectivity index (χ4n) is 1.19. The molecule has 0 saturated carbocycles. The molecule has 0 aliphatic rings. The van der Waals surface area contributed by atoms with Crippen LogP contribution in [0.1, 0.15) is 17.7 Å². The van der Waals surface area contributed by atoms with Crippen molar-refractivity contribution < 1.29 is 13.5 Å². The molecule has 0 aromatic carbocycles. The number of ether oxygens (including phenoxy) is 1. The van der Waals surface area contributed by atoms with Crippen LogP contribution in [0.2, 0.25) is 0 Å². The normalized spacial score (nSPS) is 10.1. The van der Waals surface area contributed by atoms with Crippen molar-refractivity contribution in [2.24, 2.45) is 0 Å². The summed E-state index contributed by atoms with van der Waals surface area (Å²) in [6.07, 6.45) is -1.74. The zero-order chi connectivity index (χ0) is 11.4. The number of nitriles is 1. The number of methoxy groups -OCH3 is 1. The van der Waals surface area contributed by atoms with Crippen molar-refractivity contribution in [1.82, 2.24) is 4.98 Å². The Morgan fingerprint density at radius 1 is 1.67 bits per heavy atom. The number of rotatable bonds is 3. The van der Waals surface area contributed by atoms with Crippen molar-refractivity contribution in [3.8, 4) is 11.8 Å². The van der Waals surface area contributed by atoms with Crippen molar-refractivity contribution in [1.29, 1.82) is 5.26 Å². The predicted molar refractivity (Wildman–Crippen MR) is 49.5 cm³/mol. The number of alkyl halides is 2. The molecular weight excluding hydrogens is 204 g/mol. The van der Waals surface area contributed by atoms with E-state index in [2.05, 4.69) is 4.98 Å². The van der Waals surface area contributed by atoms with E-state index >= 15 is 0 Å². The Hall–Kier alpha value is -1.90. The van der Waals surface area contributed by atoms with Gasteiger partial charge in [-0.1, -0.05) is 0 Å². The number of halogens is 2. The third kappa shape index (κ3) is 2.13. The van der Waals surface area contributed by atoms with Crippen molar-refractivity contribution in [2.45, 2.75) is 12.8 Å². The fraction of sp³-hybridized carbons (Fsp3) is 0.333. The van der Waals surface area contributed by atoms with E-state index in [4.69, 9.17) is 15.7 Å². The molecule has 1 heterocycles. The van der Waals surface area contributed by atoms with Crippen LogP contribution in [0.15, 0.2) is 6.20 Å². The first-order valence-electron chi connectivity index (χ1n) is 4.08. The molecule has 1 rings (SSSR count). The Labute approximate surface area is 85.3 Å². The molecule has 2 N–H and O–H groups in total. The Balaban J connectivity index is 3.32. The maximum Gasteiger partial charge on any atom is 0.267 e.